The average molecular weight is 242 g/mol. The molecular formula is C13H8ClN3. The Kier molecular flexibility index (Phi) is 2.46. The largest absolute Gasteiger partial charge is 0.263 e. The second-order valence-corrected chi connectivity index (χ2v) is 3.99. The molecule has 0 aliphatic heterocycles. The Balaban J connectivity index is 2.35. The SMILES string of the molecule is Clc1ncncc1-c1cncc2ccccc12. The molecule has 3 rings (SSSR count). The maximum atomic E-state index is 6.08. The van der Waals surface area contributed by atoms with Gasteiger partial charge in [0.05, 0.1) is 0 Å². The highest BCUT2D eigenvalue weighted by molar-refractivity contribution is 6.32. The standard InChI is InChI=1S/C13H8ClN3/c14-13-12(7-16-8-17-13)11-6-15-5-9-3-1-2-4-10(9)11/h1-8H. The summed E-state index contributed by atoms with van der Waals surface area (Å²) < 4.78 is 0. The molecule has 1 aromatic carbocycles. The highest BCUT2D eigenvalue weighted by Gasteiger charge is 2.08. The molecule has 3 aromatic rings. The molecule has 0 bridgehead atoms. The summed E-state index contributed by atoms with van der Waals surface area (Å²) in [5.74, 6) is 0. The van der Waals surface area contributed by atoms with Crippen molar-refractivity contribution in [3.8, 4) is 11.1 Å². The molecule has 0 N–H and O–H groups in total. The summed E-state index contributed by atoms with van der Waals surface area (Å²) in [6, 6.07) is 8.03. The van der Waals surface area contributed by atoms with Crippen molar-refractivity contribution in [2.24, 2.45) is 0 Å². The number of hydrogen-bond donors (Lipinski definition) is 0. The molecule has 0 spiro atoms. The van der Waals surface area contributed by atoms with Gasteiger partial charge in [0, 0.05) is 35.1 Å². The van der Waals surface area contributed by atoms with Crippen LogP contribution in [0, 0.1) is 0 Å². The lowest BCUT2D eigenvalue weighted by Crippen LogP contribution is -1.88. The molecule has 0 fully saturated rings. The molecule has 0 saturated carbocycles. The van der Waals surface area contributed by atoms with Gasteiger partial charge in [-0.2, -0.15) is 0 Å². The van der Waals surface area contributed by atoms with E-state index >= 15 is 0 Å². The lowest BCUT2D eigenvalue weighted by Gasteiger charge is -2.06. The van der Waals surface area contributed by atoms with Crippen LogP contribution in [0.1, 0.15) is 0 Å². The summed E-state index contributed by atoms with van der Waals surface area (Å²) in [4.78, 5) is 12.2. The van der Waals surface area contributed by atoms with Crippen molar-refractivity contribution in [2.75, 3.05) is 0 Å². The molecule has 17 heavy (non-hydrogen) atoms. The second kappa shape index (κ2) is 4.11. The van der Waals surface area contributed by atoms with Gasteiger partial charge in [0.25, 0.3) is 0 Å². The zero-order chi connectivity index (χ0) is 11.7. The van der Waals surface area contributed by atoms with E-state index < -0.39 is 0 Å². The van der Waals surface area contributed by atoms with Gasteiger partial charge in [-0.15, -0.1) is 0 Å². The summed E-state index contributed by atoms with van der Waals surface area (Å²) in [7, 11) is 0. The Morgan fingerprint density at radius 2 is 1.71 bits per heavy atom. The van der Waals surface area contributed by atoms with E-state index in [-0.39, 0.29) is 0 Å². The Morgan fingerprint density at radius 1 is 0.882 bits per heavy atom. The van der Waals surface area contributed by atoms with Crippen LogP contribution in [0.25, 0.3) is 21.9 Å². The van der Waals surface area contributed by atoms with Crippen LogP contribution in [0.15, 0.2) is 49.2 Å². The van der Waals surface area contributed by atoms with Crippen LogP contribution in [0.4, 0.5) is 0 Å². The monoisotopic (exact) mass is 241 g/mol. The summed E-state index contributed by atoms with van der Waals surface area (Å²) in [6.45, 7) is 0. The molecule has 3 nitrogen and oxygen atoms in total. The van der Waals surface area contributed by atoms with Gasteiger partial charge in [-0.1, -0.05) is 35.9 Å². The molecule has 0 radical (unpaired) electrons. The van der Waals surface area contributed by atoms with E-state index in [1.165, 1.54) is 6.33 Å². The van der Waals surface area contributed by atoms with Crippen LogP contribution in [-0.4, -0.2) is 15.0 Å². The number of nitrogens with zero attached hydrogens (tertiary/aromatic N) is 3. The minimum Gasteiger partial charge on any atom is -0.263 e. The quantitative estimate of drug-likeness (QED) is 0.614. The first-order valence-electron chi connectivity index (χ1n) is 5.15. The van der Waals surface area contributed by atoms with Gasteiger partial charge in [0.1, 0.15) is 11.5 Å². The number of halogens is 1. The maximum absolute atomic E-state index is 6.08. The van der Waals surface area contributed by atoms with Crippen LogP contribution in [0.3, 0.4) is 0 Å². The Hall–Kier alpha value is -2.00. The first kappa shape index (κ1) is 10.2. The van der Waals surface area contributed by atoms with Gasteiger partial charge in [-0.25, -0.2) is 9.97 Å². The number of aromatic nitrogens is 3. The summed E-state index contributed by atoms with van der Waals surface area (Å²) >= 11 is 6.08. The summed E-state index contributed by atoms with van der Waals surface area (Å²) in [5.41, 5.74) is 1.76. The van der Waals surface area contributed by atoms with E-state index in [1.54, 1.807) is 12.4 Å². The predicted molar refractivity (Wildman–Crippen MR) is 67.8 cm³/mol. The van der Waals surface area contributed by atoms with E-state index in [0.29, 0.717) is 5.15 Å². The number of pyridine rings is 1. The first-order chi connectivity index (χ1) is 8.36. The lowest BCUT2D eigenvalue weighted by atomic mass is 10.0. The van der Waals surface area contributed by atoms with Crippen LogP contribution < -0.4 is 0 Å². The van der Waals surface area contributed by atoms with E-state index in [9.17, 15) is 0 Å². The van der Waals surface area contributed by atoms with Crippen molar-refractivity contribution in [3.63, 3.8) is 0 Å². The molecule has 82 valence electrons. The highest BCUT2D eigenvalue weighted by atomic mass is 35.5. The van der Waals surface area contributed by atoms with E-state index in [1.807, 2.05) is 30.5 Å². The number of benzene rings is 1. The minimum atomic E-state index is 0.443. The predicted octanol–water partition coefficient (Wildman–Crippen LogP) is 3.35. The zero-order valence-electron chi connectivity index (χ0n) is 8.84. The van der Waals surface area contributed by atoms with Crippen LogP contribution in [0.5, 0.6) is 0 Å². The van der Waals surface area contributed by atoms with Crippen LogP contribution in [-0.2, 0) is 0 Å². The van der Waals surface area contributed by atoms with Gasteiger partial charge in [0.15, 0.2) is 0 Å². The first-order valence-corrected chi connectivity index (χ1v) is 5.52. The number of rotatable bonds is 1. The molecule has 0 amide bonds. The third-order valence-electron chi connectivity index (χ3n) is 2.62. The molecule has 0 unspecified atom stereocenters. The molecular weight excluding hydrogens is 234 g/mol. The third-order valence-corrected chi connectivity index (χ3v) is 2.92. The topological polar surface area (TPSA) is 38.7 Å². The van der Waals surface area contributed by atoms with Crippen molar-refractivity contribution < 1.29 is 0 Å². The summed E-state index contributed by atoms with van der Waals surface area (Å²) in [5, 5.41) is 2.61. The van der Waals surface area contributed by atoms with Gasteiger partial charge < -0.3 is 0 Å². The van der Waals surface area contributed by atoms with Crippen LogP contribution in [0.2, 0.25) is 5.15 Å². The van der Waals surface area contributed by atoms with E-state index in [0.717, 1.165) is 21.9 Å². The van der Waals surface area contributed by atoms with Gasteiger partial charge in [0.2, 0.25) is 0 Å². The van der Waals surface area contributed by atoms with E-state index in [4.69, 9.17) is 11.6 Å². The van der Waals surface area contributed by atoms with Crippen molar-refractivity contribution in [3.05, 3.63) is 54.3 Å². The fourth-order valence-electron chi connectivity index (χ4n) is 1.83. The fourth-order valence-corrected chi connectivity index (χ4v) is 2.02. The lowest BCUT2D eigenvalue weighted by molar-refractivity contribution is 1.17. The average Bonchev–Trinajstić information content (AvgIpc) is 2.39. The third kappa shape index (κ3) is 1.74. The molecule has 0 saturated heterocycles. The summed E-state index contributed by atoms with van der Waals surface area (Å²) in [6.07, 6.45) is 6.76. The number of fused-ring (bicyclic) bond motifs is 1. The Labute approximate surface area is 103 Å². The number of hydrogen-bond acceptors (Lipinski definition) is 3. The molecule has 4 heteroatoms. The fraction of sp³-hybridized carbons (Fsp3) is 0. The van der Waals surface area contributed by atoms with Crippen molar-refractivity contribution in [1.82, 2.24) is 15.0 Å². The van der Waals surface area contributed by atoms with Crippen molar-refractivity contribution >= 4 is 22.4 Å². The van der Waals surface area contributed by atoms with E-state index in [2.05, 4.69) is 15.0 Å². The Morgan fingerprint density at radius 3 is 2.59 bits per heavy atom. The molecule has 0 aliphatic carbocycles. The molecule has 2 aromatic heterocycles. The normalized spacial score (nSPS) is 10.6. The Bertz CT molecular complexity index is 677. The smallest absolute Gasteiger partial charge is 0.140 e. The van der Waals surface area contributed by atoms with Gasteiger partial charge in [-0.3, -0.25) is 4.98 Å². The van der Waals surface area contributed by atoms with Gasteiger partial charge in [-0.05, 0) is 5.39 Å². The molecule has 2 heterocycles. The van der Waals surface area contributed by atoms with Gasteiger partial charge >= 0.3 is 0 Å². The van der Waals surface area contributed by atoms with Crippen molar-refractivity contribution in [1.29, 1.82) is 0 Å². The maximum Gasteiger partial charge on any atom is 0.140 e. The highest BCUT2D eigenvalue weighted by Crippen LogP contribution is 2.30. The van der Waals surface area contributed by atoms with Crippen molar-refractivity contribution in [2.45, 2.75) is 0 Å². The zero-order valence-corrected chi connectivity index (χ0v) is 9.59. The molecule has 0 aliphatic rings. The molecule has 0 atom stereocenters. The minimum absolute atomic E-state index is 0.443. The second-order valence-electron chi connectivity index (χ2n) is 3.64. The van der Waals surface area contributed by atoms with Crippen LogP contribution >= 0.6 is 11.6 Å².